The Kier molecular flexibility index (Phi) is 4.69. The quantitative estimate of drug-likeness (QED) is 0.758. The summed E-state index contributed by atoms with van der Waals surface area (Å²) in [6.07, 6.45) is 8.11. The van der Waals surface area contributed by atoms with Gasteiger partial charge in [-0.05, 0) is 68.7 Å². The number of nitrogens with zero attached hydrogens (tertiary/aromatic N) is 1. The molecule has 0 radical (unpaired) electrons. The van der Waals surface area contributed by atoms with Crippen LogP contribution in [-0.4, -0.2) is 24.0 Å². The molecule has 0 bridgehead atoms. The van der Waals surface area contributed by atoms with Gasteiger partial charge in [0, 0.05) is 6.04 Å². The predicted molar refractivity (Wildman–Crippen MR) is 90.9 cm³/mol. The van der Waals surface area contributed by atoms with Crippen LogP contribution in [-0.2, 0) is 6.42 Å². The highest BCUT2D eigenvalue weighted by Crippen LogP contribution is 2.43. The van der Waals surface area contributed by atoms with Gasteiger partial charge in [-0.1, -0.05) is 50.5 Å². The number of hydrogen-bond donors (Lipinski definition) is 0. The van der Waals surface area contributed by atoms with Crippen molar-refractivity contribution in [1.82, 2.24) is 4.90 Å². The maximum absolute atomic E-state index is 2.83. The van der Waals surface area contributed by atoms with E-state index >= 15 is 0 Å². The minimum atomic E-state index is 0.765. The molecule has 3 atom stereocenters. The molecule has 3 rings (SSSR count). The van der Waals surface area contributed by atoms with Crippen molar-refractivity contribution in [2.75, 3.05) is 13.1 Å². The molecule has 1 saturated heterocycles. The van der Waals surface area contributed by atoms with Crippen LogP contribution in [0.2, 0.25) is 0 Å². The van der Waals surface area contributed by atoms with Gasteiger partial charge in [0.1, 0.15) is 0 Å². The maximum atomic E-state index is 2.83. The molecule has 1 aliphatic heterocycles. The topological polar surface area (TPSA) is 3.24 Å². The van der Waals surface area contributed by atoms with Crippen LogP contribution in [0.3, 0.4) is 0 Å². The molecule has 1 fully saturated rings. The van der Waals surface area contributed by atoms with Gasteiger partial charge in [-0.2, -0.15) is 0 Å². The van der Waals surface area contributed by atoms with E-state index in [4.69, 9.17) is 0 Å². The summed E-state index contributed by atoms with van der Waals surface area (Å²) in [5.41, 5.74) is 4.75. The van der Waals surface area contributed by atoms with E-state index in [2.05, 4.69) is 43.9 Å². The fourth-order valence-electron chi connectivity index (χ4n) is 4.78. The predicted octanol–water partition coefficient (Wildman–Crippen LogP) is 4.93. The number of aryl methyl sites for hydroxylation is 1. The summed E-state index contributed by atoms with van der Waals surface area (Å²) < 4.78 is 0. The first kappa shape index (κ1) is 15.1. The summed E-state index contributed by atoms with van der Waals surface area (Å²) in [6, 6.07) is 8.01. The molecule has 1 aliphatic carbocycles. The monoisotopic (exact) mass is 285 g/mol. The average Bonchev–Trinajstić information content (AvgIpc) is 3.01. The summed E-state index contributed by atoms with van der Waals surface area (Å²) in [7, 11) is 0. The van der Waals surface area contributed by atoms with E-state index in [-0.39, 0.29) is 0 Å². The second kappa shape index (κ2) is 6.52. The number of hydrogen-bond acceptors (Lipinski definition) is 1. The summed E-state index contributed by atoms with van der Waals surface area (Å²) >= 11 is 0. The molecule has 1 aromatic carbocycles. The highest BCUT2D eigenvalue weighted by atomic mass is 15.2. The molecule has 1 heteroatoms. The van der Waals surface area contributed by atoms with Crippen LogP contribution in [0.15, 0.2) is 18.2 Å². The Bertz CT molecular complexity index is 473. The van der Waals surface area contributed by atoms with Crippen molar-refractivity contribution in [3.05, 3.63) is 34.9 Å². The zero-order chi connectivity index (χ0) is 14.8. The van der Waals surface area contributed by atoms with Crippen LogP contribution in [0.4, 0.5) is 0 Å². The molecular weight excluding hydrogens is 254 g/mol. The number of benzene rings is 1. The Hall–Kier alpha value is -0.820. The van der Waals surface area contributed by atoms with Crippen LogP contribution >= 0.6 is 0 Å². The third kappa shape index (κ3) is 2.90. The summed E-state index contributed by atoms with van der Waals surface area (Å²) in [5.74, 6) is 1.62. The van der Waals surface area contributed by atoms with E-state index in [0.717, 1.165) is 17.9 Å². The van der Waals surface area contributed by atoms with Gasteiger partial charge >= 0.3 is 0 Å². The van der Waals surface area contributed by atoms with Crippen molar-refractivity contribution in [1.29, 1.82) is 0 Å². The van der Waals surface area contributed by atoms with Gasteiger partial charge in [0.2, 0.25) is 0 Å². The Morgan fingerprint density at radius 2 is 1.90 bits per heavy atom. The van der Waals surface area contributed by atoms with E-state index in [9.17, 15) is 0 Å². The van der Waals surface area contributed by atoms with Crippen LogP contribution in [0.5, 0.6) is 0 Å². The molecule has 0 spiro atoms. The molecule has 0 amide bonds. The molecule has 116 valence electrons. The normalized spacial score (nSPS) is 29.6. The first-order chi connectivity index (χ1) is 10.2. The van der Waals surface area contributed by atoms with Gasteiger partial charge in [-0.25, -0.2) is 0 Å². The van der Waals surface area contributed by atoms with Crippen molar-refractivity contribution in [2.45, 2.75) is 71.3 Å². The summed E-state index contributed by atoms with van der Waals surface area (Å²) in [5, 5.41) is 0. The van der Waals surface area contributed by atoms with Crippen molar-refractivity contribution < 1.29 is 0 Å². The van der Waals surface area contributed by atoms with E-state index in [0.29, 0.717) is 0 Å². The van der Waals surface area contributed by atoms with Gasteiger partial charge in [0.25, 0.3) is 0 Å². The smallest absolute Gasteiger partial charge is 0.0195 e. The zero-order valence-electron chi connectivity index (χ0n) is 14.1. The Labute approximate surface area is 130 Å². The standard InChI is InChI=1S/C20H31N/c1-4-8-18-19-13-15(3)9-10-17(19)14-16(5-2)20(18)21-11-6-7-12-21/h9-10,13,16,18,20H,4-8,11-12,14H2,1-3H3/t16-,18+,20-/m0/s1. The maximum Gasteiger partial charge on any atom is 0.0195 e. The lowest BCUT2D eigenvalue weighted by Crippen LogP contribution is -2.46. The molecule has 0 unspecified atom stereocenters. The van der Waals surface area contributed by atoms with Crippen LogP contribution in [0.1, 0.15) is 68.6 Å². The fraction of sp³-hybridized carbons (Fsp3) is 0.700. The van der Waals surface area contributed by atoms with Gasteiger partial charge < -0.3 is 0 Å². The molecule has 0 aromatic heterocycles. The Morgan fingerprint density at radius 3 is 2.57 bits per heavy atom. The molecule has 1 heterocycles. The lowest BCUT2D eigenvalue weighted by molar-refractivity contribution is 0.125. The van der Waals surface area contributed by atoms with Crippen LogP contribution in [0.25, 0.3) is 0 Å². The highest BCUT2D eigenvalue weighted by Gasteiger charge is 2.39. The van der Waals surface area contributed by atoms with Crippen molar-refractivity contribution >= 4 is 0 Å². The highest BCUT2D eigenvalue weighted by molar-refractivity contribution is 5.38. The molecule has 1 nitrogen and oxygen atoms in total. The van der Waals surface area contributed by atoms with E-state index in [1.165, 1.54) is 57.2 Å². The van der Waals surface area contributed by atoms with Gasteiger partial charge in [-0.15, -0.1) is 0 Å². The SMILES string of the molecule is CCC[C@@H]1c2cc(C)ccc2C[C@H](CC)[C@@H]1N1CCCC1. The second-order valence-electron chi connectivity index (χ2n) is 7.20. The van der Waals surface area contributed by atoms with E-state index in [1.807, 2.05) is 0 Å². The van der Waals surface area contributed by atoms with Gasteiger partial charge in [-0.3, -0.25) is 4.90 Å². The Morgan fingerprint density at radius 1 is 1.14 bits per heavy atom. The molecule has 0 N–H and O–H groups in total. The lowest BCUT2D eigenvalue weighted by atomic mass is 9.69. The van der Waals surface area contributed by atoms with Gasteiger partial charge in [0.15, 0.2) is 0 Å². The molecule has 1 aromatic rings. The number of rotatable bonds is 4. The third-order valence-electron chi connectivity index (χ3n) is 5.76. The molecule has 0 saturated carbocycles. The third-order valence-corrected chi connectivity index (χ3v) is 5.76. The summed E-state index contributed by atoms with van der Waals surface area (Å²) in [4.78, 5) is 2.83. The fourth-order valence-corrected chi connectivity index (χ4v) is 4.78. The van der Waals surface area contributed by atoms with Crippen molar-refractivity contribution in [3.8, 4) is 0 Å². The van der Waals surface area contributed by atoms with E-state index in [1.54, 1.807) is 11.1 Å². The first-order valence-electron chi connectivity index (χ1n) is 9.08. The van der Waals surface area contributed by atoms with Crippen LogP contribution in [0, 0.1) is 12.8 Å². The minimum Gasteiger partial charge on any atom is -0.299 e. The number of fused-ring (bicyclic) bond motifs is 1. The van der Waals surface area contributed by atoms with Crippen LogP contribution < -0.4 is 0 Å². The van der Waals surface area contributed by atoms with Crippen molar-refractivity contribution in [2.24, 2.45) is 5.92 Å². The van der Waals surface area contributed by atoms with Crippen molar-refractivity contribution in [3.63, 3.8) is 0 Å². The Balaban J connectivity index is 1.99. The molecule has 2 aliphatic rings. The average molecular weight is 285 g/mol. The zero-order valence-corrected chi connectivity index (χ0v) is 14.1. The number of likely N-dealkylation sites (tertiary alicyclic amines) is 1. The largest absolute Gasteiger partial charge is 0.299 e. The first-order valence-corrected chi connectivity index (χ1v) is 9.08. The van der Waals surface area contributed by atoms with Gasteiger partial charge in [0.05, 0.1) is 0 Å². The minimum absolute atomic E-state index is 0.765. The lowest BCUT2D eigenvalue weighted by Gasteiger charge is -2.44. The summed E-state index contributed by atoms with van der Waals surface area (Å²) in [6.45, 7) is 9.67. The molecule has 21 heavy (non-hydrogen) atoms. The molecular formula is C20H31N. The second-order valence-corrected chi connectivity index (χ2v) is 7.20. The van der Waals surface area contributed by atoms with E-state index < -0.39 is 0 Å².